The number of benzene rings is 2. The highest BCUT2D eigenvalue weighted by Crippen LogP contribution is 2.25. The maximum atomic E-state index is 11.2. The molecule has 0 spiro atoms. The fraction of sp³-hybridized carbons (Fsp3) is 0.556. The molecule has 2 saturated heterocycles. The summed E-state index contributed by atoms with van der Waals surface area (Å²) in [6.07, 6.45) is 0.794. The van der Waals surface area contributed by atoms with Gasteiger partial charge in [-0.05, 0) is 48.9 Å². The van der Waals surface area contributed by atoms with Gasteiger partial charge in [0.25, 0.3) is 0 Å². The van der Waals surface area contributed by atoms with Crippen LogP contribution < -0.4 is 9.47 Å². The summed E-state index contributed by atoms with van der Waals surface area (Å²) in [6.45, 7) is 9.15. The van der Waals surface area contributed by atoms with Crippen molar-refractivity contribution in [2.24, 2.45) is 0 Å². The highest BCUT2D eigenvalue weighted by molar-refractivity contribution is 5.28. The molecule has 0 aromatic heterocycles. The summed E-state index contributed by atoms with van der Waals surface area (Å²) < 4.78 is 16.5. The summed E-state index contributed by atoms with van der Waals surface area (Å²) in [7, 11) is 3.75. The van der Waals surface area contributed by atoms with Gasteiger partial charge >= 0.3 is 0 Å². The standard InChI is InChI=1S/C27H39N3O4/c1-28(19-23-3-7-25(32-2)8-4-23)21-27(31)11-12-30(22-27)20-24-5-9-26(10-6-24)34-18-15-29-13-16-33-17-14-29/h3-10,31H,11-22H2,1-2H3. The lowest BCUT2D eigenvalue weighted by Gasteiger charge is -2.29. The lowest BCUT2D eigenvalue weighted by atomic mass is 10.0. The van der Waals surface area contributed by atoms with Gasteiger partial charge in [0, 0.05) is 52.4 Å². The predicted octanol–water partition coefficient (Wildman–Crippen LogP) is 2.48. The van der Waals surface area contributed by atoms with Crippen LogP contribution in [0.5, 0.6) is 11.5 Å². The van der Waals surface area contributed by atoms with E-state index in [0.717, 1.165) is 70.4 Å². The molecule has 186 valence electrons. The van der Waals surface area contributed by atoms with Crippen LogP contribution in [-0.4, -0.2) is 98.7 Å². The molecule has 7 nitrogen and oxygen atoms in total. The largest absolute Gasteiger partial charge is 0.497 e. The molecule has 0 amide bonds. The normalized spacial score (nSPS) is 21.8. The van der Waals surface area contributed by atoms with Crippen LogP contribution >= 0.6 is 0 Å². The minimum atomic E-state index is -0.677. The number of likely N-dealkylation sites (tertiary alicyclic amines) is 1. The van der Waals surface area contributed by atoms with Crippen molar-refractivity contribution in [3.05, 3.63) is 59.7 Å². The molecule has 2 aromatic rings. The lowest BCUT2D eigenvalue weighted by molar-refractivity contribution is 0.0162. The molecule has 1 N–H and O–H groups in total. The van der Waals surface area contributed by atoms with Gasteiger partial charge in [0.15, 0.2) is 0 Å². The van der Waals surface area contributed by atoms with Gasteiger partial charge in [0.05, 0.1) is 25.9 Å². The van der Waals surface area contributed by atoms with Gasteiger partial charge in [-0.1, -0.05) is 24.3 Å². The number of rotatable bonds is 11. The van der Waals surface area contributed by atoms with E-state index in [0.29, 0.717) is 19.7 Å². The van der Waals surface area contributed by atoms with Crippen molar-refractivity contribution in [3.63, 3.8) is 0 Å². The Labute approximate surface area is 203 Å². The minimum Gasteiger partial charge on any atom is -0.497 e. The summed E-state index contributed by atoms with van der Waals surface area (Å²) in [4.78, 5) is 6.92. The summed E-state index contributed by atoms with van der Waals surface area (Å²) in [6, 6.07) is 16.5. The number of ether oxygens (including phenoxy) is 3. The van der Waals surface area contributed by atoms with Crippen molar-refractivity contribution in [1.29, 1.82) is 0 Å². The second-order valence-electron chi connectivity index (χ2n) is 9.65. The second-order valence-corrected chi connectivity index (χ2v) is 9.65. The van der Waals surface area contributed by atoms with E-state index in [4.69, 9.17) is 14.2 Å². The summed E-state index contributed by atoms with van der Waals surface area (Å²) in [5.74, 6) is 1.78. The Morgan fingerprint density at radius 1 is 0.941 bits per heavy atom. The Balaban J connectivity index is 1.19. The molecule has 7 heteroatoms. The van der Waals surface area contributed by atoms with E-state index < -0.39 is 5.60 Å². The summed E-state index contributed by atoms with van der Waals surface area (Å²) in [5.41, 5.74) is 1.79. The number of aliphatic hydroxyl groups is 1. The van der Waals surface area contributed by atoms with E-state index in [1.165, 1.54) is 11.1 Å². The first-order valence-corrected chi connectivity index (χ1v) is 12.3. The highest BCUT2D eigenvalue weighted by atomic mass is 16.5. The van der Waals surface area contributed by atoms with Crippen LogP contribution in [0, 0.1) is 0 Å². The van der Waals surface area contributed by atoms with Gasteiger partial charge in [0.1, 0.15) is 18.1 Å². The monoisotopic (exact) mass is 469 g/mol. The van der Waals surface area contributed by atoms with Gasteiger partial charge in [-0.15, -0.1) is 0 Å². The SMILES string of the molecule is COc1ccc(CN(C)CC2(O)CCN(Cc3ccc(OCCN4CCOCC4)cc3)C2)cc1. The van der Waals surface area contributed by atoms with Gasteiger partial charge in [0.2, 0.25) is 0 Å². The fourth-order valence-corrected chi connectivity index (χ4v) is 4.87. The molecule has 1 atom stereocenters. The zero-order valence-electron chi connectivity index (χ0n) is 20.6. The van der Waals surface area contributed by atoms with Gasteiger partial charge in [-0.2, -0.15) is 0 Å². The Bertz CT molecular complexity index is 870. The summed E-state index contributed by atoms with van der Waals surface area (Å²) >= 11 is 0. The van der Waals surface area contributed by atoms with E-state index in [9.17, 15) is 5.11 Å². The smallest absolute Gasteiger partial charge is 0.119 e. The van der Waals surface area contributed by atoms with E-state index >= 15 is 0 Å². The molecular formula is C27H39N3O4. The Hall–Kier alpha value is -2.16. The summed E-state index contributed by atoms with van der Waals surface area (Å²) in [5, 5.41) is 11.2. The van der Waals surface area contributed by atoms with Crippen molar-refractivity contribution in [2.45, 2.75) is 25.1 Å². The highest BCUT2D eigenvalue weighted by Gasteiger charge is 2.36. The number of hydrogen-bond acceptors (Lipinski definition) is 7. The van der Waals surface area contributed by atoms with Gasteiger partial charge < -0.3 is 19.3 Å². The van der Waals surface area contributed by atoms with E-state index in [1.807, 2.05) is 12.1 Å². The first kappa shape index (κ1) is 24.9. The predicted molar refractivity (Wildman–Crippen MR) is 133 cm³/mol. The molecule has 0 aliphatic carbocycles. The topological polar surface area (TPSA) is 57.6 Å². The van der Waals surface area contributed by atoms with Crippen LogP contribution in [0.3, 0.4) is 0 Å². The molecule has 2 fully saturated rings. The average molecular weight is 470 g/mol. The quantitative estimate of drug-likeness (QED) is 0.543. The second kappa shape index (κ2) is 12.0. The van der Waals surface area contributed by atoms with Crippen LogP contribution in [0.25, 0.3) is 0 Å². The first-order valence-electron chi connectivity index (χ1n) is 12.3. The molecule has 2 heterocycles. The van der Waals surface area contributed by atoms with Crippen LogP contribution in [0.1, 0.15) is 17.5 Å². The first-order chi connectivity index (χ1) is 16.5. The van der Waals surface area contributed by atoms with Crippen molar-refractivity contribution >= 4 is 0 Å². The van der Waals surface area contributed by atoms with Crippen molar-refractivity contribution in [3.8, 4) is 11.5 Å². The molecule has 1 unspecified atom stereocenters. The number of methoxy groups -OCH3 is 1. The van der Waals surface area contributed by atoms with Crippen LogP contribution in [0.15, 0.2) is 48.5 Å². The molecule has 0 radical (unpaired) electrons. The molecule has 2 aliphatic heterocycles. The van der Waals surface area contributed by atoms with E-state index in [1.54, 1.807) is 7.11 Å². The number of β-amino-alcohol motifs (C(OH)–C–C–N with tert-alkyl or cyclic N) is 1. The van der Waals surface area contributed by atoms with Gasteiger partial charge in [-0.3, -0.25) is 14.7 Å². The van der Waals surface area contributed by atoms with Crippen molar-refractivity contribution in [2.75, 3.05) is 73.2 Å². The maximum absolute atomic E-state index is 11.2. The third-order valence-electron chi connectivity index (χ3n) is 6.70. The zero-order chi connectivity index (χ0) is 23.8. The molecule has 2 aromatic carbocycles. The third kappa shape index (κ3) is 7.42. The average Bonchev–Trinajstić information content (AvgIpc) is 3.21. The Kier molecular flexibility index (Phi) is 8.80. The lowest BCUT2D eigenvalue weighted by Crippen LogP contribution is -2.43. The number of likely N-dealkylation sites (N-methyl/N-ethyl adjacent to an activating group) is 1. The molecule has 0 bridgehead atoms. The number of hydrogen-bond donors (Lipinski definition) is 1. The molecule has 2 aliphatic rings. The van der Waals surface area contributed by atoms with Crippen molar-refractivity contribution < 1.29 is 19.3 Å². The number of nitrogens with zero attached hydrogens (tertiary/aromatic N) is 3. The maximum Gasteiger partial charge on any atom is 0.119 e. The van der Waals surface area contributed by atoms with Crippen molar-refractivity contribution in [1.82, 2.24) is 14.7 Å². The van der Waals surface area contributed by atoms with Gasteiger partial charge in [-0.25, -0.2) is 0 Å². The third-order valence-corrected chi connectivity index (χ3v) is 6.70. The Morgan fingerprint density at radius 2 is 1.62 bits per heavy atom. The van der Waals surface area contributed by atoms with Crippen LogP contribution in [-0.2, 0) is 17.8 Å². The fourth-order valence-electron chi connectivity index (χ4n) is 4.87. The molecular weight excluding hydrogens is 430 g/mol. The number of morpholine rings is 1. The van der Waals surface area contributed by atoms with E-state index in [-0.39, 0.29) is 0 Å². The van der Waals surface area contributed by atoms with E-state index in [2.05, 4.69) is 58.1 Å². The Morgan fingerprint density at radius 3 is 2.32 bits per heavy atom. The van der Waals surface area contributed by atoms with Crippen LogP contribution in [0.2, 0.25) is 0 Å². The molecule has 4 rings (SSSR count). The van der Waals surface area contributed by atoms with Crippen LogP contribution in [0.4, 0.5) is 0 Å². The molecule has 0 saturated carbocycles. The minimum absolute atomic E-state index is 0.658. The zero-order valence-corrected chi connectivity index (χ0v) is 20.6. The molecule has 34 heavy (non-hydrogen) atoms.